The van der Waals surface area contributed by atoms with Gasteiger partial charge in [-0.15, -0.1) is 0 Å². The second kappa shape index (κ2) is 14.4. The fourth-order valence-corrected chi connectivity index (χ4v) is 4.36. The van der Waals surface area contributed by atoms with E-state index in [1.54, 1.807) is 0 Å². The molecule has 0 saturated carbocycles. The van der Waals surface area contributed by atoms with Gasteiger partial charge in [0.25, 0.3) is 0 Å². The molecule has 0 fully saturated rings. The Labute approximate surface area is 120 Å². The van der Waals surface area contributed by atoms with Gasteiger partial charge in [0.2, 0.25) is 0 Å². The molecule has 0 aromatic heterocycles. The van der Waals surface area contributed by atoms with Gasteiger partial charge in [-0.25, -0.2) is 0 Å². The van der Waals surface area contributed by atoms with Crippen molar-refractivity contribution in [2.45, 2.75) is 33.2 Å². The van der Waals surface area contributed by atoms with Crippen molar-refractivity contribution in [3.63, 3.8) is 0 Å². The summed E-state index contributed by atoms with van der Waals surface area (Å²) in [5, 5.41) is 0. The molecule has 0 aliphatic carbocycles. The van der Waals surface area contributed by atoms with Crippen LogP contribution in [0.15, 0.2) is 0 Å². The van der Waals surface area contributed by atoms with E-state index in [2.05, 4.69) is 22.6 Å². The molecule has 0 spiro atoms. The summed E-state index contributed by atoms with van der Waals surface area (Å²) in [5.74, 6) is 0.849. The van der Waals surface area contributed by atoms with Gasteiger partial charge in [0.1, 0.15) is 0 Å². The van der Waals surface area contributed by atoms with Crippen molar-refractivity contribution in [1.82, 2.24) is 0 Å². The molecule has 99 valence electrons. The first-order chi connectivity index (χ1) is 7.74. The fraction of sp³-hybridized carbons (Fsp3) is 1.00. The molecule has 3 nitrogen and oxygen atoms in total. The van der Waals surface area contributed by atoms with Gasteiger partial charge in [0.05, 0.1) is 0 Å². The summed E-state index contributed by atoms with van der Waals surface area (Å²) in [4.78, 5) is 0. The van der Waals surface area contributed by atoms with Gasteiger partial charge >= 0.3 is 36.2 Å². The van der Waals surface area contributed by atoms with Crippen molar-refractivity contribution < 1.29 is 30.7 Å². The minimum absolute atomic E-state index is 0.652. The van der Waals surface area contributed by atoms with Crippen LogP contribution in [0.2, 0.25) is 6.04 Å². The van der Waals surface area contributed by atoms with Crippen LogP contribution in [0.1, 0.15) is 27.2 Å². The first kappa shape index (κ1) is 19.7. The predicted molar refractivity (Wildman–Crippen MR) is 71.5 cm³/mol. The Morgan fingerprint density at radius 1 is 1.00 bits per heavy atom. The summed E-state index contributed by atoms with van der Waals surface area (Å²) in [5.41, 5.74) is 0. The molecule has 0 bridgehead atoms. The molecule has 0 radical (unpaired) electrons. The molecule has 7 heteroatoms. The van der Waals surface area contributed by atoms with Crippen LogP contribution in [0, 0.1) is 0 Å². The van der Waals surface area contributed by atoms with Crippen molar-refractivity contribution in [3.8, 4) is 0 Å². The maximum absolute atomic E-state index is 5.67. The third-order valence-corrected chi connectivity index (χ3v) is 5.20. The summed E-state index contributed by atoms with van der Waals surface area (Å²) >= 11 is 5.50. The van der Waals surface area contributed by atoms with E-state index in [0.29, 0.717) is 19.8 Å². The summed E-state index contributed by atoms with van der Waals surface area (Å²) in [7, 11) is 1.77. The van der Waals surface area contributed by atoms with Gasteiger partial charge in [0.15, 0.2) is 0 Å². The molecule has 0 unspecified atom stereocenters. The molecular formula is C9H22O3ReS2Si. The van der Waals surface area contributed by atoms with Crippen LogP contribution in [-0.4, -0.2) is 34.4 Å². The third kappa shape index (κ3) is 9.37. The standard InChI is InChI=1S/C9H22O3SSi.Re.S/c1-4-10-14(11-5-2,12-6-3)9-7-8-13;;/h13H,4-9H2,1-3H3;;. The molecule has 0 N–H and O–H groups in total. The van der Waals surface area contributed by atoms with E-state index in [1.807, 2.05) is 20.8 Å². The molecule has 0 rings (SSSR count). The van der Waals surface area contributed by atoms with Crippen LogP contribution in [0.25, 0.3) is 0 Å². The van der Waals surface area contributed by atoms with Crippen molar-refractivity contribution in [3.05, 3.63) is 0 Å². The molecule has 0 aliphatic heterocycles. The average Bonchev–Trinajstić information content (AvgIpc) is 2.30. The Morgan fingerprint density at radius 2 is 1.38 bits per heavy atom. The maximum atomic E-state index is 5.67. The normalized spacial score (nSPS) is 10.8. The van der Waals surface area contributed by atoms with Gasteiger partial charge in [0, 0.05) is 25.9 Å². The Hall–Kier alpha value is 1.33. The fourth-order valence-electron chi connectivity index (χ4n) is 1.30. The van der Waals surface area contributed by atoms with Crippen LogP contribution in [0.3, 0.4) is 0 Å². The first-order valence-electron chi connectivity index (χ1n) is 5.42. The van der Waals surface area contributed by atoms with Crippen LogP contribution < -0.4 is 0 Å². The van der Waals surface area contributed by atoms with Crippen molar-refractivity contribution >= 4 is 31.4 Å². The molecule has 0 atom stereocenters. The number of rotatable bonds is 9. The molecule has 16 heavy (non-hydrogen) atoms. The molecule has 0 aromatic rings. The first-order valence-corrected chi connectivity index (χ1v) is 11.6. The monoisotopic (exact) mass is 457 g/mol. The Balaban J connectivity index is 0. The van der Waals surface area contributed by atoms with Crippen LogP contribution in [0.4, 0.5) is 0 Å². The molecule has 0 heterocycles. The summed E-state index contributed by atoms with van der Waals surface area (Å²) in [6.45, 7) is 7.87. The number of hydrogen-bond donors (Lipinski definition) is 1. The molecule has 0 aromatic carbocycles. The number of thiol groups is 1. The van der Waals surface area contributed by atoms with Gasteiger partial charge < -0.3 is 13.3 Å². The second-order valence-corrected chi connectivity index (χ2v) is 5.99. The average molecular weight is 457 g/mol. The van der Waals surface area contributed by atoms with E-state index in [4.69, 9.17) is 13.3 Å². The van der Waals surface area contributed by atoms with Gasteiger partial charge in [-0.2, -0.15) is 12.6 Å². The summed E-state index contributed by atoms with van der Waals surface area (Å²) in [6, 6.07) is 0.867. The van der Waals surface area contributed by atoms with Crippen molar-refractivity contribution in [2.75, 3.05) is 25.6 Å². The van der Waals surface area contributed by atoms with Crippen LogP contribution in [0.5, 0.6) is 0 Å². The minimum atomic E-state index is -2.37. The van der Waals surface area contributed by atoms with E-state index >= 15 is 0 Å². The van der Waals surface area contributed by atoms with Gasteiger partial charge in [-0.05, 0) is 32.9 Å². The van der Waals surface area contributed by atoms with Crippen LogP contribution >= 0.6 is 22.6 Å². The molecule has 0 saturated heterocycles. The Kier molecular flexibility index (Phi) is 17.7. The SMILES string of the molecule is CCO[Si](CCCS)(OCC)OCC.[S]=[Re]. The Bertz CT molecular complexity index is 138. The molecular weight excluding hydrogens is 435 g/mol. The zero-order chi connectivity index (χ0) is 12.9. The number of hydrogen-bond acceptors (Lipinski definition) is 5. The zero-order valence-electron chi connectivity index (χ0n) is 10.2. The van der Waals surface area contributed by atoms with E-state index in [-0.39, 0.29) is 0 Å². The quantitative estimate of drug-likeness (QED) is 0.426. The molecule has 0 aliphatic rings. The van der Waals surface area contributed by atoms with E-state index in [9.17, 15) is 0 Å². The van der Waals surface area contributed by atoms with Gasteiger partial charge in [-0.1, -0.05) is 0 Å². The summed E-state index contributed by atoms with van der Waals surface area (Å²) < 4.78 is 17.0. The Morgan fingerprint density at radius 3 is 1.62 bits per heavy atom. The van der Waals surface area contributed by atoms with Crippen molar-refractivity contribution in [2.24, 2.45) is 0 Å². The zero-order valence-corrected chi connectivity index (χ0v) is 15.6. The van der Waals surface area contributed by atoms with Crippen LogP contribution in [-0.2, 0) is 30.7 Å². The van der Waals surface area contributed by atoms with Gasteiger partial charge in [-0.3, -0.25) is 0 Å². The van der Waals surface area contributed by atoms with E-state index in [0.717, 1.165) is 18.2 Å². The summed E-state index contributed by atoms with van der Waals surface area (Å²) in [6.07, 6.45) is 0.981. The second-order valence-electron chi connectivity index (χ2n) is 2.81. The molecule has 0 amide bonds. The van der Waals surface area contributed by atoms with E-state index < -0.39 is 8.80 Å². The van der Waals surface area contributed by atoms with Crippen molar-refractivity contribution in [1.29, 1.82) is 0 Å². The predicted octanol–water partition coefficient (Wildman–Crippen LogP) is 3.00. The third-order valence-electron chi connectivity index (χ3n) is 1.73. The van der Waals surface area contributed by atoms with E-state index in [1.165, 1.54) is 17.4 Å². The topological polar surface area (TPSA) is 27.7 Å².